The summed E-state index contributed by atoms with van der Waals surface area (Å²) in [6, 6.07) is 16.4. The van der Waals surface area contributed by atoms with Crippen LogP contribution >= 0.6 is 0 Å². The predicted octanol–water partition coefficient (Wildman–Crippen LogP) is 4.49. The van der Waals surface area contributed by atoms with E-state index >= 15 is 0 Å². The van der Waals surface area contributed by atoms with Crippen LogP contribution in [-0.4, -0.2) is 70.2 Å². The number of hydrogen-bond donors (Lipinski definition) is 0. The fourth-order valence-electron chi connectivity index (χ4n) is 5.42. The van der Waals surface area contributed by atoms with Crippen LogP contribution in [0.2, 0.25) is 0 Å². The highest BCUT2D eigenvalue weighted by atomic mass is 16.5. The molecule has 10 heteroatoms. The van der Waals surface area contributed by atoms with Crippen molar-refractivity contribution in [2.75, 3.05) is 38.9 Å². The molecule has 1 aromatic carbocycles. The van der Waals surface area contributed by atoms with Gasteiger partial charge in [-0.05, 0) is 31.0 Å². The summed E-state index contributed by atoms with van der Waals surface area (Å²) in [5.41, 5.74) is 4.45. The van der Waals surface area contributed by atoms with Crippen LogP contribution in [0, 0.1) is 0 Å². The molecule has 1 saturated heterocycles. The Kier molecular flexibility index (Phi) is 7.19. The lowest BCUT2D eigenvalue weighted by Gasteiger charge is -2.33. The first kappa shape index (κ1) is 26.0. The van der Waals surface area contributed by atoms with Gasteiger partial charge in [-0.2, -0.15) is 9.61 Å². The molecule has 0 spiro atoms. The van der Waals surface area contributed by atoms with E-state index in [4.69, 9.17) is 24.2 Å². The molecule has 10 nitrogen and oxygen atoms in total. The Balaban J connectivity index is 1.46. The van der Waals surface area contributed by atoms with E-state index in [-0.39, 0.29) is 18.8 Å². The molecule has 3 aliphatic rings. The molecule has 2 aromatic heterocycles. The van der Waals surface area contributed by atoms with E-state index in [0.29, 0.717) is 36.7 Å². The van der Waals surface area contributed by atoms with Crippen molar-refractivity contribution in [1.82, 2.24) is 24.1 Å². The Labute approximate surface area is 232 Å². The van der Waals surface area contributed by atoms with Crippen molar-refractivity contribution in [3.05, 3.63) is 78.2 Å². The summed E-state index contributed by atoms with van der Waals surface area (Å²) < 4.78 is 20.6. The van der Waals surface area contributed by atoms with Gasteiger partial charge in [-0.15, -0.1) is 0 Å². The van der Waals surface area contributed by atoms with E-state index in [9.17, 15) is 4.79 Å². The molecule has 0 amide bonds. The molecule has 206 valence electrons. The van der Waals surface area contributed by atoms with Gasteiger partial charge in [0.2, 0.25) is 0 Å². The fraction of sp³-hybridized carbons (Fsp3) is 0.333. The van der Waals surface area contributed by atoms with Crippen molar-refractivity contribution in [2.24, 2.45) is 0 Å². The molecule has 40 heavy (non-hydrogen) atoms. The number of benzene rings is 1. The molecule has 0 radical (unpaired) electrons. The summed E-state index contributed by atoms with van der Waals surface area (Å²) in [5.74, 6) is 1.19. The van der Waals surface area contributed by atoms with Gasteiger partial charge >= 0.3 is 5.97 Å². The van der Waals surface area contributed by atoms with Crippen molar-refractivity contribution < 1.29 is 19.0 Å². The van der Waals surface area contributed by atoms with Crippen LogP contribution in [0.3, 0.4) is 0 Å². The number of pyridine rings is 1. The zero-order chi connectivity index (χ0) is 27.6. The normalized spacial score (nSPS) is 17.4. The van der Waals surface area contributed by atoms with Gasteiger partial charge in [0, 0.05) is 56.9 Å². The monoisotopic (exact) mass is 540 g/mol. The number of hydrogen-bond acceptors (Lipinski definition) is 8. The summed E-state index contributed by atoms with van der Waals surface area (Å²) in [5, 5.41) is 4.53. The summed E-state index contributed by atoms with van der Waals surface area (Å²) in [6.45, 7) is 3.92. The van der Waals surface area contributed by atoms with Gasteiger partial charge < -0.3 is 23.7 Å². The molecule has 0 aliphatic carbocycles. The topological polar surface area (TPSA) is 96.0 Å². The lowest BCUT2D eigenvalue weighted by atomic mass is 10.0. The highest BCUT2D eigenvalue weighted by Gasteiger charge is 2.30. The minimum absolute atomic E-state index is 0.0591. The van der Waals surface area contributed by atoms with Crippen molar-refractivity contribution >= 4 is 17.4 Å². The molecular formula is C30H32N6O4. The number of esters is 1. The minimum atomic E-state index is -0.452. The van der Waals surface area contributed by atoms with Crippen LogP contribution < -0.4 is 4.90 Å². The van der Waals surface area contributed by atoms with Crippen molar-refractivity contribution in [1.29, 1.82) is 0 Å². The second kappa shape index (κ2) is 11.1. The first-order valence-corrected chi connectivity index (χ1v) is 13.5. The lowest BCUT2D eigenvalue weighted by Crippen LogP contribution is -2.36. The Morgan fingerprint density at radius 3 is 2.80 bits per heavy atom. The van der Waals surface area contributed by atoms with Gasteiger partial charge in [0.05, 0.1) is 31.1 Å². The number of nitrogens with zero attached hydrogens (tertiary/aromatic N) is 6. The molecule has 2 atom stereocenters. The van der Waals surface area contributed by atoms with Crippen molar-refractivity contribution in [3.8, 4) is 22.6 Å². The number of rotatable bonds is 8. The number of carbonyl (C=O) groups excluding carboxylic acids is 1. The van der Waals surface area contributed by atoms with Crippen LogP contribution in [0.5, 0.6) is 0 Å². The molecule has 1 unspecified atom stereocenters. The highest BCUT2D eigenvalue weighted by molar-refractivity contribution is 5.96. The number of aromatic nitrogens is 5. The van der Waals surface area contributed by atoms with E-state index in [2.05, 4.69) is 32.8 Å². The van der Waals surface area contributed by atoms with E-state index in [1.165, 1.54) is 6.20 Å². The molecule has 0 saturated carbocycles. The number of ether oxygens (including phenoxy) is 3. The van der Waals surface area contributed by atoms with Crippen LogP contribution in [0.1, 0.15) is 35.3 Å². The highest BCUT2D eigenvalue weighted by Crippen LogP contribution is 2.37. The number of methoxy groups -OCH3 is 1. The third-order valence-corrected chi connectivity index (χ3v) is 7.41. The summed E-state index contributed by atoms with van der Waals surface area (Å²) in [4.78, 5) is 24.7. The van der Waals surface area contributed by atoms with E-state index in [0.717, 1.165) is 34.8 Å². The van der Waals surface area contributed by atoms with Gasteiger partial charge in [0.25, 0.3) is 0 Å². The van der Waals surface area contributed by atoms with Crippen LogP contribution in [0.25, 0.3) is 28.3 Å². The van der Waals surface area contributed by atoms with E-state index in [1.807, 2.05) is 49.8 Å². The molecule has 3 aromatic rings. The maximum Gasteiger partial charge on any atom is 0.343 e. The van der Waals surface area contributed by atoms with E-state index < -0.39 is 5.97 Å². The average Bonchev–Trinajstić information content (AvgIpc) is 3.62. The molecule has 0 bridgehead atoms. The maximum absolute atomic E-state index is 12.8. The maximum atomic E-state index is 12.8. The number of fused-ring (bicyclic) bond motifs is 2. The van der Waals surface area contributed by atoms with Gasteiger partial charge in [-0.3, -0.25) is 0 Å². The molecular weight excluding hydrogens is 508 g/mol. The third-order valence-electron chi connectivity index (χ3n) is 7.41. The van der Waals surface area contributed by atoms with Crippen LogP contribution in [0.4, 0.5) is 5.82 Å². The van der Waals surface area contributed by atoms with Crippen molar-refractivity contribution in [2.45, 2.75) is 32.0 Å². The van der Waals surface area contributed by atoms with Crippen LogP contribution in [-0.2, 0) is 20.8 Å². The number of anilines is 1. The van der Waals surface area contributed by atoms with Crippen molar-refractivity contribution in [3.63, 3.8) is 0 Å². The second-order valence-electron chi connectivity index (χ2n) is 9.89. The Hall–Kier alpha value is -4.28. The van der Waals surface area contributed by atoms with Gasteiger partial charge in [0.1, 0.15) is 23.3 Å². The van der Waals surface area contributed by atoms with Gasteiger partial charge in [-0.1, -0.05) is 30.3 Å². The smallest absolute Gasteiger partial charge is 0.343 e. The first-order chi connectivity index (χ1) is 19.6. The van der Waals surface area contributed by atoms with Crippen LogP contribution in [0.15, 0.2) is 67.1 Å². The molecule has 3 aliphatic heterocycles. The van der Waals surface area contributed by atoms with Gasteiger partial charge in [-0.25, -0.2) is 14.8 Å². The molecule has 6 rings (SSSR count). The second-order valence-corrected chi connectivity index (χ2v) is 9.89. The zero-order valence-corrected chi connectivity index (χ0v) is 22.9. The minimum Gasteiger partial charge on any atom is -0.462 e. The average molecular weight is 541 g/mol. The standard InChI is InChI=1S/C30H32N6O4/c1-4-40-30(37)23-17-32-36-27(34(2)18-20-9-6-5-7-10-20)15-24(33-29(23)36)22-16-31-28-21(22)11-8-13-35(28)25-12-14-39-19-26(25)38-3/h5-11,13,15-17,25-26H,4,12,14,18-19H2,1-3H3/t25?,26-/m0/s1. The molecule has 5 heterocycles. The Morgan fingerprint density at radius 1 is 1.15 bits per heavy atom. The summed E-state index contributed by atoms with van der Waals surface area (Å²) in [6.07, 6.45) is 6.20. The predicted molar refractivity (Wildman–Crippen MR) is 151 cm³/mol. The molecule has 0 N–H and O–H groups in total. The largest absolute Gasteiger partial charge is 0.462 e. The lowest BCUT2D eigenvalue weighted by molar-refractivity contribution is -0.0600. The molecule has 1 fully saturated rings. The summed E-state index contributed by atoms with van der Waals surface area (Å²) in [7, 11) is 3.72. The third kappa shape index (κ3) is 4.69. The summed E-state index contributed by atoms with van der Waals surface area (Å²) >= 11 is 0. The zero-order valence-electron chi connectivity index (χ0n) is 22.9. The van der Waals surface area contributed by atoms with E-state index in [1.54, 1.807) is 18.5 Å². The SMILES string of the molecule is CCOC(=O)c1cnn2c(N(C)Cc3ccccc3)cc(-c3cnc4n(C5CCOC[C@@H]5OC)cccc3-4)nc12. The Bertz CT molecular complexity index is 1600. The Morgan fingerprint density at radius 2 is 2.00 bits per heavy atom. The van der Waals surface area contributed by atoms with Gasteiger partial charge in [0.15, 0.2) is 5.65 Å². The first-order valence-electron chi connectivity index (χ1n) is 13.5. The quantitative estimate of drug-likeness (QED) is 0.266. The fourth-order valence-corrected chi connectivity index (χ4v) is 5.42. The number of carbonyl (C=O) groups is 1.